The van der Waals surface area contributed by atoms with E-state index in [0.29, 0.717) is 12.5 Å². The fourth-order valence-corrected chi connectivity index (χ4v) is 2.18. The van der Waals surface area contributed by atoms with Crippen molar-refractivity contribution in [3.8, 4) is 0 Å². The number of carbonyl (C=O) groups is 1. The molecule has 1 aliphatic rings. The van der Waals surface area contributed by atoms with Gasteiger partial charge in [-0.15, -0.1) is 0 Å². The van der Waals surface area contributed by atoms with Crippen LogP contribution in [0.25, 0.3) is 0 Å². The summed E-state index contributed by atoms with van der Waals surface area (Å²) >= 11 is 0. The molecule has 0 radical (unpaired) electrons. The Morgan fingerprint density at radius 2 is 1.88 bits per heavy atom. The molecule has 0 heterocycles. The third-order valence-electron chi connectivity index (χ3n) is 3.60. The van der Waals surface area contributed by atoms with E-state index in [9.17, 15) is 4.79 Å². The summed E-state index contributed by atoms with van der Waals surface area (Å²) in [7, 11) is 0. The molecule has 1 aromatic rings. The minimum atomic E-state index is -0.186. The molecule has 0 aliphatic heterocycles. The zero-order chi connectivity index (χ0) is 12.4. The van der Waals surface area contributed by atoms with E-state index in [2.05, 4.69) is 38.1 Å². The first-order valence-electron chi connectivity index (χ1n) is 6.44. The lowest BCUT2D eigenvalue weighted by Crippen LogP contribution is -1.97. The molecule has 92 valence electrons. The Labute approximate surface area is 103 Å². The number of hydrogen-bond donors (Lipinski definition) is 0. The molecule has 1 aromatic carbocycles. The molecule has 1 fully saturated rings. The summed E-state index contributed by atoms with van der Waals surface area (Å²) in [6.45, 7) is 6.95. The number of benzene rings is 1. The van der Waals surface area contributed by atoms with Gasteiger partial charge >= 0.3 is 0 Å². The summed E-state index contributed by atoms with van der Waals surface area (Å²) < 4.78 is 5.38. The summed E-state index contributed by atoms with van der Waals surface area (Å²) in [5, 5.41) is 0. The predicted molar refractivity (Wildman–Crippen MR) is 68.3 cm³/mol. The molecule has 0 amide bonds. The molecule has 1 saturated carbocycles. The van der Waals surface area contributed by atoms with Crippen molar-refractivity contribution in [3.05, 3.63) is 35.4 Å². The molecule has 3 atom stereocenters. The average Bonchev–Trinajstić information content (AvgIpc) is 2.99. The topological polar surface area (TPSA) is 26.3 Å². The highest BCUT2D eigenvalue weighted by Gasteiger charge is 2.51. The van der Waals surface area contributed by atoms with Crippen molar-refractivity contribution in [1.29, 1.82) is 0 Å². The van der Waals surface area contributed by atoms with E-state index in [4.69, 9.17) is 4.74 Å². The summed E-state index contributed by atoms with van der Waals surface area (Å²) in [6, 6.07) is 8.42. The van der Waals surface area contributed by atoms with Crippen LogP contribution in [0.1, 0.15) is 50.2 Å². The first-order valence-corrected chi connectivity index (χ1v) is 6.44. The Morgan fingerprint density at radius 1 is 1.24 bits per heavy atom. The maximum absolute atomic E-state index is 11.6. The van der Waals surface area contributed by atoms with Crippen LogP contribution >= 0.6 is 0 Å². The Kier molecular flexibility index (Phi) is 3.63. The second-order valence-electron chi connectivity index (χ2n) is 4.73. The van der Waals surface area contributed by atoms with Crippen LogP contribution in [0.4, 0.5) is 0 Å². The molecule has 0 spiro atoms. The van der Waals surface area contributed by atoms with Crippen molar-refractivity contribution in [1.82, 2.24) is 0 Å². The summed E-state index contributed by atoms with van der Waals surface area (Å²) in [4.78, 5) is 11.6. The molecule has 0 bridgehead atoms. The highest BCUT2D eigenvalue weighted by atomic mass is 16.5. The van der Waals surface area contributed by atoms with E-state index >= 15 is 0 Å². The van der Waals surface area contributed by atoms with Gasteiger partial charge in [0.25, 0.3) is 0 Å². The fourth-order valence-electron chi connectivity index (χ4n) is 2.18. The van der Waals surface area contributed by atoms with Crippen molar-refractivity contribution in [2.75, 3.05) is 6.61 Å². The molecule has 0 aromatic heterocycles. The highest BCUT2D eigenvalue weighted by molar-refractivity contribution is 6.07. The van der Waals surface area contributed by atoms with E-state index in [0.717, 1.165) is 12.0 Å². The second kappa shape index (κ2) is 5.01. The summed E-state index contributed by atoms with van der Waals surface area (Å²) in [6.07, 6.45) is 0.956. The Hall–Kier alpha value is -1.15. The van der Waals surface area contributed by atoms with Gasteiger partial charge in [0.15, 0.2) is 5.78 Å². The van der Waals surface area contributed by atoms with Crippen LogP contribution in [-0.2, 0) is 9.53 Å². The Bertz CT molecular complexity index is 394. The number of hydrogen-bond acceptors (Lipinski definition) is 2. The van der Waals surface area contributed by atoms with Gasteiger partial charge in [-0.25, -0.2) is 0 Å². The van der Waals surface area contributed by atoms with Gasteiger partial charge in [-0.05, 0) is 30.4 Å². The summed E-state index contributed by atoms with van der Waals surface area (Å²) in [5.74, 6) is 0.797. The molecule has 1 aliphatic carbocycles. The summed E-state index contributed by atoms with van der Waals surface area (Å²) in [5.41, 5.74) is 2.44. The quantitative estimate of drug-likeness (QED) is 0.778. The fraction of sp³-hybridized carbons (Fsp3) is 0.533. The number of carbonyl (C=O) groups excluding carboxylic acids is 1. The third-order valence-corrected chi connectivity index (χ3v) is 3.60. The van der Waals surface area contributed by atoms with Crippen LogP contribution in [-0.4, -0.2) is 18.5 Å². The maximum atomic E-state index is 11.6. The van der Waals surface area contributed by atoms with Gasteiger partial charge in [0.05, 0.1) is 5.92 Å². The molecule has 0 saturated heterocycles. The number of rotatable bonds is 5. The van der Waals surface area contributed by atoms with Crippen molar-refractivity contribution >= 4 is 5.78 Å². The van der Waals surface area contributed by atoms with Crippen molar-refractivity contribution in [3.63, 3.8) is 0 Å². The van der Waals surface area contributed by atoms with Crippen LogP contribution in [0.3, 0.4) is 0 Å². The molecular formula is C15H20O2. The molecule has 2 rings (SSSR count). The standard InChI is InChI=1S/C15H20O2/c1-4-10(3)11-6-8-12(9-7-11)13-14(16)15(13)17-5-2/h6-10,13,15H,4-5H2,1-3H3/t10-,13?,15?/m1/s1. The zero-order valence-electron chi connectivity index (χ0n) is 10.8. The Balaban J connectivity index is 2.07. The second-order valence-corrected chi connectivity index (χ2v) is 4.73. The lowest BCUT2D eigenvalue weighted by Gasteiger charge is -2.09. The largest absolute Gasteiger partial charge is 0.370 e. The Morgan fingerprint density at radius 3 is 2.41 bits per heavy atom. The first kappa shape index (κ1) is 12.3. The van der Waals surface area contributed by atoms with E-state index in [1.165, 1.54) is 5.56 Å². The SMILES string of the molecule is CCOC1C(=O)C1c1ccc([C@H](C)CC)cc1. The van der Waals surface area contributed by atoms with Gasteiger partial charge in [0.2, 0.25) is 0 Å². The first-order chi connectivity index (χ1) is 8.19. The molecular weight excluding hydrogens is 212 g/mol. The minimum absolute atomic E-state index is 0.0130. The van der Waals surface area contributed by atoms with Gasteiger partial charge in [-0.3, -0.25) is 4.79 Å². The lowest BCUT2D eigenvalue weighted by atomic mass is 9.97. The van der Waals surface area contributed by atoms with Crippen LogP contribution in [0, 0.1) is 0 Å². The van der Waals surface area contributed by atoms with Gasteiger partial charge < -0.3 is 4.74 Å². The van der Waals surface area contributed by atoms with E-state index in [-0.39, 0.29) is 17.8 Å². The number of ether oxygens (including phenoxy) is 1. The predicted octanol–water partition coefficient (Wildman–Crippen LogP) is 3.27. The average molecular weight is 232 g/mol. The molecule has 2 unspecified atom stereocenters. The van der Waals surface area contributed by atoms with E-state index < -0.39 is 0 Å². The van der Waals surface area contributed by atoms with Gasteiger partial charge in [0, 0.05) is 6.61 Å². The smallest absolute Gasteiger partial charge is 0.173 e. The van der Waals surface area contributed by atoms with Crippen LogP contribution in [0.5, 0.6) is 0 Å². The van der Waals surface area contributed by atoms with Crippen molar-refractivity contribution in [2.24, 2.45) is 0 Å². The molecule has 2 nitrogen and oxygen atoms in total. The van der Waals surface area contributed by atoms with E-state index in [1.54, 1.807) is 0 Å². The molecule has 17 heavy (non-hydrogen) atoms. The number of Topliss-reactive ketones (excluding diaryl/α,β-unsaturated/α-hetero) is 1. The van der Waals surface area contributed by atoms with Crippen LogP contribution in [0.15, 0.2) is 24.3 Å². The van der Waals surface area contributed by atoms with Gasteiger partial charge in [-0.1, -0.05) is 38.1 Å². The van der Waals surface area contributed by atoms with Gasteiger partial charge in [-0.2, -0.15) is 0 Å². The monoisotopic (exact) mass is 232 g/mol. The van der Waals surface area contributed by atoms with Gasteiger partial charge in [0.1, 0.15) is 6.10 Å². The normalized spacial score (nSPS) is 24.8. The van der Waals surface area contributed by atoms with Crippen molar-refractivity contribution in [2.45, 2.75) is 45.1 Å². The van der Waals surface area contributed by atoms with E-state index in [1.807, 2.05) is 6.92 Å². The van der Waals surface area contributed by atoms with Crippen LogP contribution < -0.4 is 0 Å². The van der Waals surface area contributed by atoms with Crippen LogP contribution in [0.2, 0.25) is 0 Å². The maximum Gasteiger partial charge on any atom is 0.173 e. The third kappa shape index (κ3) is 2.42. The zero-order valence-corrected chi connectivity index (χ0v) is 10.8. The lowest BCUT2D eigenvalue weighted by molar-refractivity contribution is -0.113. The molecule has 2 heteroatoms. The highest BCUT2D eigenvalue weighted by Crippen LogP contribution is 2.39. The number of ketones is 1. The van der Waals surface area contributed by atoms with Crippen molar-refractivity contribution < 1.29 is 9.53 Å². The molecule has 0 N–H and O–H groups in total. The minimum Gasteiger partial charge on any atom is -0.370 e.